The number of anilines is 1. The third kappa shape index (κ3) is 1.82. The van der Waals surface area contributed by atoms with Crippen molar-refractivity contribution in [3.8, 4) is 16.8 Å². The zero-order chi connectivity index (χ0) is 14.3. The molecule has 0 spiro atoms. The van der Waals surface area contributed by atoms with Gasteiger partial charge >= 0.3 is 5.69 Å². The van der Waals surface area contributed by atoms with E-state index in [9.17, 15) is 4.79 Å². The van der Waals surface area contributed by atoms with Crippen molar-refractivity contribution in [3.63, 3.8) is 0 Å². The van der Waals surface area contributed by atoms with Gasteiger partial charge in [-0.3, -0.25) is 4.57 Å². The number of nitrogens with zero attached hydrogens (tertiary/aromatic N) is 3. The van der Waals surface area contributed by atoms with Gasteiger partial charge < -0.3 is 14.8 Å². The van der Waals surface area contributed by atoms with Gasteiger partial charge in [-0.05, 0) is 24.6 Å². The van der Waals surface area contributed by atoms with Crippen LogP contribution in [0.1, 0.15) is 5.69 Å². The lowest BCUT2D eigenvalue weighted by Gasteiger charge is -2.06. The summed E-state index contributed by atoms with van der Waals surface area (Å²) in [7, 11) is 1.73. The van der Waals surface area contributed by atoms with Crippen LogP contribution in [0.5, 0.6) is 0 Å². The second kappa shape index (κ2) is 4.41. The predicted molar refractivity (Wildman–Crippen MR) is 75.7 cm³/mol. The highest BCUT2D eigenvalue weighted by Crippen LogP contribution is 2.26. The highest BCUT2D eigenvalue weighted by atomic mass is 16.5. The maximum absolute atomic E-state index is 12.1. The Bertz CT molecular complexity index is 826. The van der Waals surface area contributed by atoms with Crippen molar-refractivity contribution >= 4 is 5.88 Å². The van der Waals surface area contributed by atoms with E-state index in [-0.39, 0.29) is 11.6 Å². The SMILES string of the molecule is Cc1cn(C)c(=O)n1-c1cccc(-c2cnoc2N)c1. The molecule has 6 heteroatoms. The zero-order valence-electron chi connectivity index (χ0n) is 11.2. The fraction of sp³-hybridized carbons (Fsp3) is 0.143. The van der Waals surface area contributed by atoms with Gasteiger partial charge in [0, 0.05) is 18.9 Å². The van der Waals surface area contributed by atoms with E-state index < -0.39 is 0 Å². The summed E-state index contributed by atoms with van der Waals surface area (Å²) in [6.07, 6.45) is 3.36. The van der Waals surface area contributed by atoms with E-state index in [1.807, 2.05) is 31.2 Å². The molecule has 2 aromatic heterocycles. The molecule has 0 atom stereocenters. The second-order valence-corrected chi connectivity index (χ2v) is 4.65. The summed E-state index contributed by atoms with van der Waals surface area (Å²) >= 11 is 0. The van der Waals surface area contributed by atoms with Crippen LogP contribution in [0.15, 0.2) is 46.0 Å². The largest absolute Gasteiger partial charge is 0.367 e. The van der Waals surface area contributed by atoms with Crippen LogP contribution in [-0.2, 0) is 7.05 Å². The summed E-state index contributed by atoms with van der Waals surface area (Å²) in [5, 5.41) is 3.67. The molecule has 0 aliphatic rings. The highest BCUT2D eigenvalue weighted by molar-refractivity contribution is 5.73. The minimum absolute atomic E-state index is 0.0852. The molecule has 0 bridgehead atoms. The van der Waals surface area contributed by atoms with Crippen LogP contribution < -0.4 is 11.4 Å². The predicted octanol–water partition coefficient (Wildman–Crippen LogP) is 1.72. The molecule has 1 aromatic carbocycles. The molecule has 3 aromatic rings. The molecular formula is C14H14N4O2. The number of benzene rings is 1. The first kappa shape index (κ1) is 12.3. The Morgan fingerprint density at radius 1 is 1.35 bits per heavy atom. The van der Waals surface area contributed by atoms with Gasteiger partial charge in [-0.15, -0.1) is 0 Å². The van der Waals surface area contributed by atoms with Crippen LogP contribution >= 0.6 is 0 Å². The molecule has 20 heavy (non-hydrogen) atoms. The summed E-state index contributed by atoms with van der Waals surface area (Å²) in [6, 6.07) is 7.53. The van der Waals surface area contributed by atoms with Crippen molar-refractivity contribution in [3.05, 3.63) is 52.8 Å². The van der Waals surface area contributed by atoms with Crippen molar-refractivity contribution in [2.24, 2.45) is 7.05 Å². The van der Waals surface area contributed by atoms with Gasteiger partial charge in [-0.1, -0.05) is 17.3 Å². The van der Waals surface area contributed by atoms with Crippen molar-refractivity contribution in [1.29, 1.82) is 0 Å². The number of hydrogen-bond acceptors (Lipinski definition) is 4. The Hall–Kier alpha value is -2.76. The normalized spacial score (nSPS) is 10.9. The highest BCUT2D eigenvalue weighted by Gasteiger charge is 2.11. The first-order chi connectivity index (χ1) is 9.58. The van der Waals surface area contributed by atoms with Crippen LogP contribution in [0.2, 0.25) is 0 Å². The lowest BCUT2D eigenvalue weighted by molar-refractivity contribution is 0.436. The molecule has 2 N–H and O–H groups in total. The summed E-state index contributed by atoms with van der Waals surface area (Å²) in [5.74, 6) is 0.263. The summed E-state index contributed by atoms with van der Waals surface area (Å²) < 4.78 is 8.07. The number of nitrogen functional groups attached to an aromatic ring is 1. The van der Waals surface area contributed by atoms with Gasteiger partial charge in [0.2, 0.25) is 5.88 Å². The lowest BCUT2D eigenvalue weighted by atomic mass is 10.1. The quantitative estimate of drug-likeness (QED) is 0.769. The standard InChI is InChI=1S/C14H14N4O2/c1-9-8-17(2)14(19)18(9)11-5-3-4-10(6-11)12-7-16-20-13(12)15/h3-8H,15H2,1-2H3. The second-order valence-electron chi connectivity index (χ2n) is 4.65. The molecule has 3 rings (SSSR count). The number of aromatic nitrogens is 3. The molecule has 0 aliphatic heterocycles. The molecule has 0 saturated carbocycles. The van der Waals surface area contributed by atoms with E-state index >= 15 is 0 Å². The summed E-state index contributed by atoms with van der Waals surface area (Å²) in [6.45, 7) is 1.89. The average Bonchev–Trinajstić information content (AvgIpc) is 2.95. The van der Waals surface area contributed by atoms with Gasteiger partial charge in [0.25, 0.3) is 0 Å². The van der Waals surface area contributed by atoms with Crippen LogP contribution in [0, 0.1) is 6.92 Å². The fourth-order valence-corrected chi connectivity index (χ4v) is 2.29. The molecule has 0 fully saturated rings. The van der Waals surface area contributed by atoms with Crippen molar-refractivity contribution in [1.82, 2.24) is 14.3 Å². The van der Waals surface area contributed by atoms with Gasteiger partial charge in [0.15, 0.2) is 0 Å². The maximum Gasteiger partial charge on any atom is 0.332 e. The van der Waals surface area contributed by atoms with Crippen LogP contribution in [-0.4, -0.2) is 14.3 Å². The van der Waals surface area contributed by atoms with Crippen LogP contribution in [0.4, 0.5) is 5.88 Å². The number of aryl methyl sites for hydroxylation is 2. The van der Waals surface area contributed by atoms with Gasteiger partial charge in [0.05, 0.1) is 17.4 Å². The van der Waals surface area contributed by atoms with Crippen LogP contribution in [0.25, 0.3) is 16.8 Å². The zero-order valence-corrected chi connectivity index (χ0v) is 11.2. The molecule has 2 heterocycles. The third-order valence-corrected chi connectivity index (χ3v) is 3.24. The first-order valence-corrected chi connectivity index (χ1v) is 6.14. The van der Waals surface area contributed by atoms with Gasteiger partial charge in [0.1, 0.15) is 0 Å². The first-order valence-electron chi connectivity index (χ1n) is 6.14. The molecule has 102 valence electrons. The Labute approximate surface area is 115 Å². The van der Waals surface area contributed by atoms with Crippen molar-refractivity contribution < 1.29 is 4.52 Å². The lowest BCUT2D eigenvalue weighted by Crippen LogP contribution is -2.21. The molecule has 0 amide bonds. The topological polar surface area (TPSA) is 79.0 Å². The summed E-state index contributed by atoms with van der Waals surface area (Å²) in [4.78, 5) is 12.1. The number of hydrogen-bond donors (Lipinski definition) is 1. The van der Waals surface area contributed by atoms with E-state index in [0.29, 0.717) is 5.56 Å². The van der Waals surface area contributed by atoms with Gasteiger partial charge in [-0.2, -0.15) is 0 Å². The Morgan fingerprint density at radius 3 is 2.75 bits per heavy atom. The van der Waals surface area contributed by atoms with E-state index in [2.05, 4.69) is 5.16 Å². The molecule has 0 unspecified atom stereocenters. The maximum atomic E-state index is 12.1. The van der Waals surface area contributed by atoms with Crippen LogP contribution in [0.3, 0.4) is 0 Å². The Kier molecular flexibility index (Phi) is 2.71. The minimum Gasteiger partial charge on any atom is -0.367 e. The smallest absolute Gasteiger partial charge is 0.332 e. The van der Waals surface area contributed by atoms with Crippen molar-refractivity contribution in [2.75, 3.05) is 5.73 Å². The van der Waals surface area contributed by atoms with E-state index in [4.69, 9.17) is 10.3 Å². The number of rotatable bonds is 2. The number of nitrogens with two attached hydrogens (primary N) is 1. The van der Waals surface area contributed by atoms with Crippen molar-refractivity contribution in [2.45, 2.75) is 6.92 Å². The van der Waals surface area contributed by atoms with E-state index in [0.717, 1.165) is 16.9 Å². The molecule has 6 nitrogen and oxygen atoms in total. The molecule has 0 saturated heterocycles. The third-order valence-electron chi connectivity index (χ3n) is 3.24. The molecule has 0 radical (unpaired) electrons. The monoisotopic (exact) mass is 270 g/mol. The van der Waals surface area contributed by atoms with Gasteiger partial charge in [-0.25, -0.2) is 4.79 Å². The van der Waals surface area contributed by atoms with E-state index in [1.54, 1.807) is 28.6 Å². The Morgan fingerprint density at radius 2 is 2.15 bits per heavy atom. The average molecular weight is 270 g/mol. The van der Waals surface area contributed by atoms with E-state index in [1.165, 1.54) is 0 Å². The fourth-order valence-electron chi connectivity index (χ4n) is 2.29. The minimum atomic E-state index is -0.0852. The molecular weight excluding hydrogens is 256 g/mol. The number of imidazole rings is 1. The Balaban J connectivity index is 2.18. The summed E-state index contributed by atoms with van der Waals surface area (Å²) in [5.41, 5.74) is 8.86. The molecule has 0 aliphatic carbocycles.